The van der Waals surface area contributed by atoms with Gasteiger partial charge in [0.1, 0.15) is 16.8 Å². The molecular weight excluding hydrogens is 299 g/mol. The monoisotopic (exact) mass is 318 g/mol. The van der Waals surface area contributed by atoms with Gasteiger partial charge in [0.2, 0.25) is 10.0 Å². The maximum absolute atomic E-state index is 13.7. The quantitative estimate of drug-likeness (QED) is 0.608. The molecule has 0 aliphatic heterocycles. The summed E-state index contributed by atoms with van der Waals surface area (Å²) in [7, 11) is -3.12. The first kappa shape index (κ1) is 17.4. The van der Waals surface area contributed by atoms with Crippen molar-refractivity contribution in [2.75, 3.05) is 12.8 Å². The van der Waals surface area contributed by atoms with Crippen LogP contribution in [0.25, 0.3) is 0 Å². The van der Waals surface area contributed by atoms with Crippen molar-refractivity contribution in [3.8, 4) is 0 Å². The molecule has 3 N–H and O–H groups in total. The molecule has 0 bridgehead atoms. The Hall–Kier alpha value is -1.67. The largest absolute Gasteiger partial charge is 0.468 e. The number of halogens is 1. The van der Waals surface area contributed by atoms with E-state index in [2.05, 4.69) is 9.46 Å². The topological polar surface area (TPSA) is 98.5 Å². The minimum atomic E-state index is -4.27. The maximum atomic E-state index is 13.7. The van der Waals surface area contributed by atoms with Crippen molar-refractivity contribution in [1.29, 1.82) is 0 Å². The number of ether oxygens (including phenoxy) is 1. The lowest BCUT2D eigenvalue weighted by molar-refractivity contribution is -0.143. The van der Waals surface area contributed by atoms with Crippen LogP contribution in [0.4, 0.5) is 10.1 Å². The number of carbonyl (C=O) groups is 1. The number of nitrogens with two attached hydrogens (primary N) is 1. The molecule has 0 saturated heterocycles. The summed E-state index contributed by atoms with van der Waals surface area (Å²) in [5, 5.41) is 0. The van der Waals surface area contributed by atoms with Crippen molar-refractivity contribution in [2.45, 2.75) is 31.2 Å². The number of benzene rings is 1. The normalized spacial score (nSPS) is 13.2. The number of methoxy groups -OCH3 is 1. The zero-order valence-corrected chi connectivity index (χ0v) is 12.9. The van der Waals surface area contributed by atoms with Crippen LogP contribution in [0.5, 0.6) is 0 Å². The summed E-state index contributed by atoms with van der Waals surface area (Å²) in [5.74, 6) is -1.67. The summed E-state index contributed by atoms with van der Waals surface area (Å²) in [5.41, 5.74) is 5.29. The third-order valence-corrected chi connectivity index (χ3v) is 4.32. The van der Waals surface area contributed by atoms with Crippen LogP contribution in [0.2, 0.25) is 0 Å². The Balaban J connectivity index is 3.15. The Bertz CT molecular complexity index is 596. The van der Waals surface area contributed by atoms with E-state index in [1.165, 1.54) is 12.1 Å². The van der Waals surface area contributed by atoms with Crippen LogP contribution in [0.15, 0.2) is 23.1 Å². The third-order valence-electron chi connectivity index (χ3n) is 2.76. The minimum absolute atomic E-state index is 0.0368. The third kappa shape index (κ3) is 4.40. The summed E-state index contributed by atoms with van der Waals surface area (Å²) < 4.78 is 44.9. The molecule has 1 aromatic rings. The summed E-state index contributed by atoms with van der Waals surface area (Å²) in [6.07, 6.45) is 0.222. The number of esters is 1. The highest BCUT2D eigenvalue weighted by Gasteiger charge is 2.30. The standard InChI is InChI=1S/C13H19FN2O4S/c1-8(2)7-11(13(17)20-3)16-21(18,19)12-9(14)5-4-6-10(12)15/h4-6,8,11,16H,7,15H2,1-3H3. The molecule has 0 radical (unpaired) electrons. The van der Waals surface area contributed by atoms with Crippen molar-refractivity contribution in [3.63, 3.8) is 0 Å². The zero-order valence-electron chi connectivity index (χ0n) is 12.1. The van der Waals surface area contributed by atoms with Gasteiger partial charge in [0.15, 0.2) is 0 Å². The second-order valence-corrected chi connectivity index (χ2v) is 6.64. The number of sulfonamides is 1. The molecule has 0 amide bonds. The first-order valence-electron chi connectivity index (χ1n) is 6.33. The molecule has 21 heavy (non-hydrogen) atoms. The summed E-state index contributed by atoms with van der Waals surface area (Å²) in [6.45, 7) is 3.64. The van der Waals surface area contributed by atoms with E-state index in [0.29, 0.717) is 0 Å². The molecule has 1 atom stereocenters. The number of anilines is 1. The van der Waals surface area contributed by atoms with Gasteiger partial charge in [-0.15, -0.1) is 0 Å². The number of carbonyl (C=O) groups excluding carboxylic acids is 1. The van der Waals surface area contributed by atoms with E-state index in [0.717, 1.165) is 13.2 Å². The van der Waals surface area contributed by atoms with Gasteiger partial charge in [-0.25, -0.2) is 12.8 Å². The second-order valence-electron chi connectivity index (χ2n) is 4.98. The predicted octanol–water partition coefficient (Wildman–Crippen LogP) is 1.27. The predicted molar refractivity (Wildman–Crippen MR) is 76.4 cm³/mol. The first-order valence-corrected chi connectivity index (χ1v) is 7.81. The fourth-order valence-corrected chi connectivity index (χ4v) is 3.25. The van der Waals surface area contributed by atoms with Gasteiger partial charge in [-0.05, 0) is 24.5 Å². The van der Waals surface area contributed by atoms with E-state index >= 15 is 0 Å². The Morgan fingerprint density at radius 3 is 2.52 bits per heavy atom. The molecule has 118 valence electrons. The highest BCUT2D eigenvalue weighted by molar-refractivity contribution is 7.89. The molecule has 0 aromatic heterocycles. The van der Waals surface area contributed by atoms with Crippen molar-refractivity contribution in [2.24, 2.45) is 5.92 Å². The Kier molecular flexibility index (Phi) is 5.68. The van der Waals surface area contributed by atoms with E-state index in [1.807, 2.05) is 13.8 Å². The molecule has 0 heterocycles. The van der Waals surface area contributed by atoms with E-state index < -0.39 is 32.7 Å². The first-order chi connectivity index (χ1) is 9.69. The van der Waals surface area contributed by atoms with Gasteiger partial charge in [-0.1, -0.05) is 19.9 Å². The molecule has 0 fully saturated rings. The summed E-state index contributed by atoms with van der Waals surface area (Å²) >= 11 is 0. The van der Waals surface area contributed by atoms with Crippen LogP contribution in [0, 0.1) is 11.7 Å². The van der Waals surface area contributed by atoms with E-state index in [-0.39, 0.29) is 18.0 Å². The summed E-state index contributed by atoms with van der Waals surface area (Å²) in [4.78, 5) is 11.0. The molecular formula is C13H19FN2O4S. The van der Waals surface area contributed by atoms with Gasteiger partial charge >= 0.3 is 5.97 Å². The van der Waals surface area contributed by atoms with Crippen LogP contribution in [0.3, 0.4) is 0 Å². The Morgan fingerprint density at radius 2 is 2.05 bits per heavy atom. The molecule has 8 heteroatoms. The number of hydrogen-bond acceptors (Lipinski definition) is 5. The van der Waals surface area contributed by atoms with Crippen molar-refractivity contribution in [1.82, 2.24) is 4.72 Å². The maximum Gasteiger partial charge on any atom is 0.323 e. The molecule has 0 spiro atoms. The van der Waals surface area contributed by atoms with E-state index in [1.54, 1.807) is 0 Å². The number of nitrogens with one attached hydrogen (secondary N) is 1. The van der Waals surface area contributed by atoms with Gasteiger partial charge in [0.25, 0.3) is 0 Å². The van der Waals surface area contributed by atoms with Gasteiger partial charge in [-0.2, -0.15) is 4.72 Å². The zero-order chi connectivity index (χ0) is 16.2. The van der Waals surface area contributed by atoms with E-state index in [4.69, 9.17) is 5.73 Å². The number of nitrogen functional groups attached to an aromatic ring is 1. The molecule has 0 aliphatic carbocycles. The lowest BCUT2D eigenvalue weighted by atomic mass is 10.1. The average molecular weight is 318 g/mol. The van der Waals surface area contributed by atoms with Gasteiger partial charge in [-0.3, -0.25) is 4.79 Å². The van der Waals surface area contributed by atoms with Gasteiger partial charge < -0.3 is 10.5 Å². The highest BCUT2D eigenvalue weighted by Crippen LogP contribution is 2.22. The van der Waals surface area contributed by atoms with Crippen molar-refractivity contribution in [3.05, 3.63) is 24.0 Å². The van der Waals surface area contributed by atoms with Gasteiger partial charge in [0, 0.05) is 0 Å². The number of rotatable bonds is 6. The lowest BCUT2D eigenvalue weighted by Gasteiger charge is -2.19. The van der Waals surface area contributed by atoms with Crippen LogP contribution >= 0.6 is 0 Å². The summed E-state index contributed by atoms with van der Waals surface area (Å²) in [6, 6.07) is 2.46. The second kappa shape index (κ2) is 6.86. The SMILES string of the molecule is COC(=O)C(CC(C)C)NS(=O)(=O)c1c(N)cccc1F. The fourth-order valence-electron chi connectivity index (χ4n) is 1.86. The minimum Gasteiger partial charge on any atom is -0.468 e. The van der Waals surface area contributed by atoms with Crippen LogP contribution in [-0.4, -0.2) is 27.5 Å². The van der Waals surface area contributed by atoms with Crippen LogP contribution in [-0.2, 0) is 19.6 Å². The van der Waals surface area contributed by atoms with Crippen molar-refractivity contribution < 1.29 is 22.3 Å². The lowest BCUT2D eigenvalue weighted by Crippen LogP contribution is -2.42. The fraction of sp³-hybridized carbons (Fsp3) is 0.462. The number of hydrogen-bond donors (Lipinski definition) is 2. The highest BCUT2D eigenvalue weighted by atomic mass is 32.2. The Morgan fingerprint density at radius 1 is 1.43 bits per heavy atom. The molecule has 0 aliphatic rings. The molecule has 1 rings (SSSR count). The van der Waals surface area contributed by atoms with Crippen molar-refractivity contribution >= 4 is 21.7 Å². The molecule has 1 unspecified atom stereocenters. The molecule has 0 saturated carbocycles. The Labute approximate surface area is 123 Å². The van der Waals surface area contributed by atoms with Crippen LogP contribution < -0.4 is 10.5 Å². The smallest absolute Gasteiger partial charge is 0.323 e. The average Bonchev–Trinajstić information content (AvgIpc) is 2.35. The van der Waals surface area contributed by atoms with Crippen LogP contribution in [0.1, 0.15) is 20.3 Å². The molecule has 1 aromatic carbocycles. The van der Waals surface area contributed by atoms with E-state index in [9.17, 15) is 17.6 Å². The van der Waals surface area contributed by atoms with Gasteiger partial charge in [0.05, 0.1) is 12.8 Å². The molecule has 6 nitrogen and oxygen atoms in total.